The Balaban J connectivity index is 1.25. The highest BCUT2D eigenvalue weighted by molar-refractivity contribution is 5.99. The molecular formula is C20H29N5O2. The molecule has 7 heteroatoms. The molecule has 4 aliphatic heterocycles. The van der Waals surface area contributed by atoms with E-state index < -0.39 is 0 Å². The third-order valence-electron chi connectivity index (χ3n) is 7.00. The Morgan fingerprint density at radius 3 is 2.48 bits per heavy atom. The van der Waals surface area contributed by atoms with Gasteiger partial charge in [0, 0.05) is 38.9 Å². The number of hydrogen-bond acceptors (Lipinski definition) is 6. The number of likely N-dealkylation sites (tertiary alicyclic amines) is 1. The van der Waals surface area contributed by atoms with Crippen molar-refractivity contribution in [1.29, 1.82) is 0 Å². The highest BCUT2D eigenvalue weighted by atomic mass is 16.5. The van der Waals surface area contributed by atoms with E-state index in [-0.39, 0.29) is 11.3 Å². The summed E-state index contributed by atoms with van der Waals surface area (Å²) >= 11 is 0. The molecule has 1 aromatic rings. The standard InChI is InChI=1S/C20H29N5O2/c26-18-20(5-11-27-12-6-20)4-10-25(18)17-13-21-19(22-14-17)24-9-3-16(15-24)23-7-1-2-8-23/h13-14,16H,1-12,15H2. The third-order valence-corrected chi connectivity index (χ3v) is 7.00. The molecule has 1 aromatic heterocycles. The van der Waals surface area contributed by atoms with Crippen molar-refractivity contribution >= 4 is 17.5 Å². The van der Waals surface area contributed by atoms with Gasteiger partial charge in [0.2, 0.25) is 11.9 Å². The molecule has 146 valence electrons. The maximum atomic E-state index is 13.0. The molecule has 0 N–H and O–H groups in total. The van der Waals surface area contributed by atoms with Crippen molar-refractivity contribution in [3.05, 3.63) is 12.4 Å². The first-order valence-corrected chi connectivity index (χ1v) is 10.5. The molecule has 0 saturated carbocycles. The van der Waals surface area contributed by atoms with E-state index >= 15 is 0 Å². The summed E-state index contributed by atoms with van der Waals surface area (Å²) in [6, 6.07) is 0.643. The van der Waals surface area contributed by atoms with Crippen molar-refractivity contribution in [1.82, 2.24) is 14.9 Å². The molecule has 4 aliphatic rings. The van der Waals surface area contributed by atoms with Crippen LogP contribution in [0, 0.1) is 5.41 Å². The average molecular weight is 371 g/mol. The molecule has 4 saturated heterocycles. The van der Waals surface area contributed by atoms with Gasteiger partial charge in [0.25, 0.3) is 0 Å². The number of aromatic nitrogens is 2. The van der Waals surface area contributed by atoms with E-state index in [0.717, 1.165) is 50.5 Å². The fourth-order valence-corrected chi connectivity index (χ4v) is 5.24. The van der Waals surface area contributed by atoms with Gasteiger partial charge in [-0.05, 0) is 51.6 Å². The van der Waals surface area contributed by atoms with E-state index in [9.17, 15) is 4.79 Å². The van der Waals surface area contributed by atoms with Gasteiger partial charge < -0.3 is 14.5 Å². The number of anilines is 2. The van der Waals surface area contributed by atoms with Gasteiger partial charge in [-0.3, -0.25) is 9.69 Å². The van der Waals surface area contributed by atoms with E-state index in [0.29, 0.717) is 19.3 Å². The topological polar surface area (TPSA) is 61.8 Å². The highest BCUT2D eigenvalue weighted by Gasteiger charge is 2.47. The second kappa shape index (κ2) is 7.02. The zero-order valence-corrected chi connectivity index (χ0v) is 16.0. The summed E-state index contributed by atoms with van der Waals surface area (Å²) in [5, 5.41) is 0. The Bertz CT molecular complexity index is 682. The zero-order valence-electron chi connectivity index (χ0n) is 16.0. The van der Waals surface area contributed by atoms with Crippen LogP contribution in [0.25, 0.3) is 0 Å². The van der Waals surface area contributed by atoms with Crippen LogP contribution in [0.3, 0.4) is 0 Å². The Hall–Kier alpha value is -1.73. The van der Waals surface area contributed by atoms with Gasteiger partial charge in [-0.25, -0.2) is 9.97 Å². The van der Waals surface area contributed by atoms with Gasteiger partial charge in [0.1, 0.15) is 0 Å². The molecule has 0 aliphatic carbocycles. The summed E-state index contributed by atoms with van der Waals surface area (Å²) < 4.78 is 5.46. The van der Waals surface area contributed by atoms with Crippen LogP contribution in [0.1, 0.15) is 38.5 Å². The molecule has 7 nitrogen and oxygen atoms in total. The van der Waals surface area contributed by atoms with E-state index in [4.69, 9.17) is 4.74 Å². The molecule has 1 spiro atoms. The summed E-state index contributed by atoms with van der Waals surface area (Å²) in [5.41, 5.74) is 0.622. The quantitative estimate of drug-likeness (QED) is 0.806. The lowest BCUT2D eigenvalue weighted by atomic mass is 9.79. The van der Waals surface area contributed by atoms with Crippen LogP contribution in [0.4, 0.5) is 11.6 Å². The molecule has 1 amide bonds. The lowest BCUT2D eigenvalue weighted by Gasteiger charge is -2.31. The Labute approximate surface area is 160 Å². The van der Waals surface area contributed by atoms with Crippen molar-refractivity contribution in [3.8, 4) is 0 Å². The van der Waals surface area contributed by atoms with Crippen molar-refractivity contribution in [3.63, 3.8) is 0 Å². The fraction of sp³-hybridized carbons (Fsp3) is 0.750. The molecular weight excluding hydrogens is 342 g/mol. The maximum Gasteiger partial charge on any atom is 0.233 e. The average Bonchev–Trinajstić information content (AvgIpc) is 3.45. The van der Waals surface area contributed by atoms with Crippen molar-refractivity contribution in [2.75, 3.05) is 55.7 Å². The number of rotatable bonds is 3. The fourth-order valence-electron chi connectivity index (χ4n) is 5.24. The van der Waals surface area contributed by atoms with Crippen LogP contribution >= 0.6 is 0 Å². The number of amides is 1. The predicted molar refractivity (Wildman–Crippen MR) is 103 cm³/mol. The molecule has 5 rings (SSSR count). The first-order chi connectivity index (χ1) is 13.3. The van der Waals surface area contributed by atoms with Gasteiger partial charge in [-0.15, -0.1) is 0 Å². The zero-order chi connectivity index (χ0) is 18.3. The summed E-state index contributed by atoms with van der Waals surface area (Å²) in [5.74, 6) is 1.03. The van der Waals surface area contributed by atoms with Crippen LogP contribution in [0.2, 0.25) is 0 Å². The normalized spacial score (nSPS) is 28.6. The summed E-state index contributed by atoms with van der Waals surface area (Å²) in [6.45, 7) is 6.67. The molecule has 0 radical (unpaired) electrons. The van der Waals surface area contributed by atoms with E-state index in [2.05, 4.69) is 19.8 Å². The first kappa shape index (κ1) is 17.4. The Morgan fingerprint density at radius 2 is 1.74 bits per heavy atom. The second-order valence-corrected chi connectivity index (χ2v) is 8.47. The molecule has 27 heavy (non-hydrogen) atoms. The molecule has 0 bridgehead atoms. The molecule has 1 atom stereocenters. The molecule has 1 unspecified atom stereocenters. The van der Waals surface area contributed by atoms with Crippen LogP contribution in [-0.2, 0) is 9.53 Å². The number of nitrogens with zero attached hydrogens (tertiary/aromatic N) is 5. The van der Waals surface area contributed by atoms with E-state index in [1.165, 1.54) is 32.4 Å². The smallest absolute Gasteiger partial charge is 0.233 e. The highest BCUT2D eigenvalue weighted by Crippen LogP contribution is 2.42. The van der Waals surface area contributed by atoms with Crippen molar-refractivity contribution in [2.24, 2.45) is 5.41 Å². The Kier molecular flexibility index (Phi) is 4.52. The van der Waals surface area contributed by atoms with Crippen LogP contribution < -0.4 is 9.80 Å². The predicted octanol–water partition coefficient (Wildman–Crippen LogP) is 1.68. The number of ether oxygens (including phenoxy) is 1. The van der Waals surface area contributed by atoms with Gasteiger partial charge in [-0.1, -0.05) is 0 Å². The minimum Gasteiger partial charge on any atom is -0.381 e. The minimum atomic E-state index is -0.213. The van der Waals surface area contributed by atoms with Gasteiger partial charge >= 0.3 is 0 Å². The van der Waals surface area contributed by atoms with Crippen LogP contribution in [-0.4, -0.2) is 72.8 Å². The molecule has 5 heterocycles. The summed E-state index contributed by atoms with van der Waals surface area (Å²) in [6.07, 6.45) is 10.1. The SMILES string of the molecule is O=C1N(c2cnc(N3CCC(N4CCCC4)C3)nc2)CCC12CCOCC2. The lowest BCUT2D eigenvalue weighted by Crippen LogP contribution is -2.39. The maximum absolute atomic E-state index is 13.0. The van der Waals surface area contributed by atoms with E-state index in [1.807, 2.05) is 17.3 Å². The van der Waals surface area contributed by atoms with Crippen molar-refractivity contribution < 1.29 is 9.53 Å². The van der Waals surface area contributed by atoms with Gasteiger partial charge in [-0.2, -0.15) is 0 Å². The Morgan fingerprint density at radius 1 is 1.00 bits per heavy atom. The number of hydrogen-bond donors (Lipinski definition) is 0. The largest absolute Gasteiger partial charge is 0.381 e. The van der Waals surface area contributed by atoms with E-state index in [1.54, 1.807) is 0 Å². The molecule has 4 fully saturated rings. The van der Waals surface area contributed by atoms with Gasteiger partial charge in [0.15, 0.2) is 0 Å². The second-order valence-electron chi connectivity index (χ2n) is 8.47. The first-order valence-electron chi connectivity index (χ1n) is 10.5. The minimum absolute atomic E-state index is 0.213. The monoisotopic (exact) mass is 371 g/mol. The summed E-state index contributed by atoms with van der Waals surface area (Å²) in [7, 11) is 0. The number of carbonyl (C=O) groups is 1. The third kappa shape index (κ3) is 3.10. The molecule has 0 aromatic carbocycles. The van der Waals surface area contributed by atoms with Gasteiger partial charge in [0.05, 0.1) is 23.5 Å². The van der Waals surface area contributed by atoms with Crippen LogP contribution in [0.15, 0.2) is 12.4 Å². The van der Waals surface area contributed by atoms with Crippen LogP contribution in [0.5, 0.6) is 0 Å². The lowest BCUT2D eigenvalue weighted by molar-refractivity contribution is -0.130. The number of carbonyl (C=O) groups excluding carboxylic acids is 1. The van der Waals surface area contributed by atoms with Crippen molar-refractivity contribution in [2.45, 2.75) is 44.6 Å². The summed E-state index contributed by atoms with van der Waals surface area (Å²) in [4.78, 5) is 29.0.